The van der Waals surface area contributed by atoms with Crippen molar-refractivity contribution in [1.29, 1.82) is 0 Å². The number of ether oxygens (including phenoxy) is 2. The molecule has 0 saturated heterocycles. The Hall–Kier alpha value is -2.12. The van der Waals surface area contributed by atoms with Gasteiger partial charge in [-0.15, -0.1) is 0 Å². The van der Waals surface area contributed by atoms with Crippen LogP contribution < -0.4 is 10.6 Å². The lowest BCUT2D eigenvalue weighted by molar-refractivity contribution is -0.153. The van der Waals surface area contributed by atoms with E-state index in [0.29, 0.717) is 0 Å². The van der Waals surface area contributed by atoms with Gasteiger partial charge >= 0.3 is 12.1 Å². The van der Waals surface area contributed by atoms with Crippen LogP contribution in [0.1, 0.15) is 26.3 Å². The average Bonchev–Trinajstić information content (AvgIpc) is 2.52. The van der Waals surface area contributed by atoms with Gasteiger partial charge in [-0.05, 0) is 26.3 Å². The Labute approximate surface area is 142 Å². The molecule has 0 heterocycles. The molecule has 0 spiro atoms. The van der Waals surface area contributed by atoms with Crippen molar-refractivity contribution in [3.8, 4) is 0 Å². The van der Waals surface area contributed by atoms with Crippen molar-refractivity contribution >= 4 is 12.1 Å². The summed E-state index contributed by atoms with van der Waals surface area (Å²) in [5.74, 6) is -0.424. The van der Waals surface area contributed by atoms with Gasteiger partial charge in [0.1, 0.15) is 12.2 Å². The molecule has 0 bridgehead atoms. The average molecular weight is 338 g/mol. The summed E-state index contributed by atoms with van der Waals surface area (Å²) in [5, 5.41) is 14.7. The molecule has 0 saturated carbocycles. The van der Waals surface area contributed by atoms with E-state index in [9.17, 15) is 14.7 Å². The van der Waals surface area contributed by atoms with Crippen molar-refractivity contribution in [2.75, 3.05) is 19.7 Å². The second-order valence-electron chi connectivity index (χ2n) is 6.29. The molecule has 1 rings (SSSR count). The van der Waals surface area contributed by atoms with Gasteiger partial charge in [-0.25, -0.2) is 4.79 Å². The highest BCUT2D eigenvalue weighted by molar-refractivity contribution is 5.72. The molecular weight excluding hydrogens is 312 g/mol. The van der Waals surface area contributed by atoms with E-state index < -0.39 is 23.7 Å². The minimum atomic E-state index is -0.587. The van der Waals surface area contributed by atoms with E-state index in [2.05, 4.69) is 10.6 Å². The van der Waals surface area contributed by atoms with Crippen LogP contribution in [0.2, 0.25) is 0 Å². The van der Waals surface area contributed by atoms with Crippen LogP contribution in [0.5, 0.6) is 0 Å². The number of rotatable bonds is 8. The third-order valence-corrected chi connectivity index (χ3v) is 2.88. The van der Waals surface area contributed by atoms with Crippen molar-refractivity contribution in [3.63, 3.8) is 0 Å². The first-order chi connectivity index (χ1) is 11.3. The zero-order valence-electron chi connectivity index (χ0n) is 14.4. The van der Waals surface area contributed by atoms with Crippen molar-refractivity contribution < 1.29 is 24.2 Å². The zero-order valence-corrected chi connectivity index (χ0v) is 14.4. The molecule has 0 fully saturated rings. The maximum absolute atomic E-state index is 11.6. The third-order valence-electron chi connectivity index (χ3n) is 2.88. The summed E-state index contributed by atoms with van der Waals surface area (Å²) in [5.41, 5.74) is 0.321. The highest BCUT2D eigenvalue weighted by Crippen LogP contribution is 2.06. The van der Waals surface area contributed by atoms with E-state index in [1.165, 1.54) is 0 Å². The maximum Gasteiger partial charge on any atom is 0.407 e. The van der Waals surface area contributed by atoms with Crippen LogP contribution in [0.15, 0.2) is 30.3 Å². The van der Waals surface area contributed by atoms with Gasteiger partial charge in [0.2, 0.25) is 0 Å². The van der Waals surface area contributed by atoms with Crippen molar-refractivity contribution in [1.82, 2.24) is 10.6 Å². The standard InChI is InChI=1S/C17H26N2O5/c1-17(2,3)24-15(21)10-18-14(11-20)9-19-16(22)23-12-13-7-5-4-6-8-13/h4-8,14,18,20H,9-12H2,1-3H3,(H,19,22)/t14-/m0/s1. The quantitative estimate of drug-likeness (QED) is 0.617. The first-order valence-corrected chi connectivity index (χ1v) is 7.81. The summed E-state index contributed by atoms with van der Waals surface area (Å²) in [6.45, 7) is 5.34. The number of aliphatic hydroxyl groups excluding tert-OH is 1. The van der Waals surface area contributed by atoms with Crippen LogP contribution in [0.25, 0.3) is 0 Å². The number of carbonyl (C=O) groups is 2. The molecule has 0 aliphatic heterocycles. The van der Waals surface area contributed by atoms with E-state index >= 15 is 0 Å². The fourth-order valence-electron chi connectivity index (χ4n) is 1.79. The van der Waals surface area contributed by atoms with Gasteiger partial charge in [-0.3, -0.25) is 4.79 Å². The molecule has 7 heteroatoms. The number of hydrogen-bond acceptors (Lipinski definition) is 6. The van der Waals surface area contributed by atoms with E-state index in [1.807, 2.05) is 30.3 Å². The molecule has 134 valence electrons. The fourth-order valence-corrected chi connectivity index (χ4v) is 1.79. The Morgan fingerprint density at radius 2 is 1.88 bits per heavy atom. The Kier molecular flexibility index (Phi) is 8.21. The van der Waals surface area contributed by atoms with E-state index in [1.54, 1.807) is 20.8 Å². The van der Waals surface area contributed by atoms with Crippen LogP contribution in [0, 0.1) is 0 Å². The van der Waals surface area contributed by atoms with Gasteiger partial charge in [-0.1, -0.05) is 30.3 Å². The molecule has 1 aromatic carbocycles. The van der Waals surface area contributed by atoms with Gasteiger partial charge < -0.3 is 25.2 Å². The largest absolute Gasteiger partial charge is 0.459 e. The first-order valence-electron chi connectivity index (χ1n) is 7.81. The minimum absolute atomic E-state index is 0.0523. The Bertz CT molecular complexity index is 513. The molecule has 1 atom stereocenters. The molecule has 0 aliphatic carbocycles. The number of amides is 1. The van der Waals surface area contributed by atoms with Gasteiger partial charge in [-0.2, -0.15) is 0 Å². The molecule has 1 amide bonds. The van der Waals surface area contributed by atoms with Crippen LogP contribution >= 0.6 is 0 Å². The topological polar surface area (TPSA) is 96.9 Å². The molecule has 0 aliphatic rings. The summed E-state index contributed by atoms with van der Waals surface area (Å²) in [4.78, 5) is 23.2. The maximum atomic E-state index is 11.6. The number of alkyl carbamates (subject to hydrolysis) is 1. The lowest BCUT2D eigenvalue weighted by Crippen LogP contribution is -2.46. The number of benzene rings is 1. The van der Waals surface area contributed by atoms with Crippen molar-refractivity contribution in [2.45, 2.75) is 39.0 Å². The smallest absolute Gasteiger partial charge is 0.407 e. The van der Waals surface area contributed by atoms with Gasteiger partial charge in [0.15, 0.2) is 0 Å². The molecule has 0 unspecified atom stereocenters. The highest BCUT2D eigenvalue weighted by Gasteiger charge is 2.17. The Morgan fingerprint density at radius 1 is 1.21 bits per heavy atom. The molecule has 7 nitrogen and oxygen atoms in total. The minimum Gasteiger partial charge on any atom is -0.459 e. The number of esters is 1. The predicted octanol–water partition coefficient (Wildman–Crippen LogP) is 1.20. The fraction of sp³-hybridized carbons (Fsp3) is 0.529. The first kappa shape index (κ1) is 19.9. The van der Waals surface area contributed by atoms with Gasteiger partial charge in [0, 0.05) is 12.6 Å². The third kappa shape index (κ3) is 9.12. The van der Waals surface area contributed by atoms with Crippen LogP contribution in [-0.4, -0.2) is 48.5 Å². The second-order valence-corrected chi connectivity index (χ2v) is 6.29. The summed E-state index contributed by atoms with van der Waals surface area (Å²) >= 11 is 0. The normalized spacial score (nSPS) is 12.3. The Morgan fingerprint density at radius 3 is 2.46 bits per heavy atom. The zero-order chi connectivity index (χ0) is 18.0. The number of hydrogen-bond donors (Lipinski definition) is 3. The molecule has 0 radical (unpaired) electrons. The Balaban J connectivity index is 2.25. The summed E-state index contributed by atoms with van der Waals surface area (Å²) in [6.07, 6.45) is -0.587. The van der Waals surface area contributed by atoms with E-state index in [-0.39, 0.29) is 26.3 Å². The van der Waals surface area contributed by atoms with E-state index in [0.717, 1.165) is 5.56 Å². The van der Waals surface area contributed by atoms with Crippen LogP contribution in [-0.2, 0) is 20.9 Å². The van der Waals surface area contributed by atoms with Gasteiger partial charge in [0.25, 0.3) is 0 Å². The lowest BCUT2D eigenvalue weighted by atomic mass is 10.2. The van der Waals surface area contributed by atoms with Crippen molar-refractivity contribution in [3.05, 3.63) is 35.9 Å². The monoisotopic (exact) mass is 338 g/mol. The SMILES string of the molecule is CC(C)(C)OC(=O)CN[C@H](CO)CNC(=O)OCc1ccccc1. The number of aliphatic hydroxyl groups is 1. The summed E-state index contributed by atoms with van der Waals surface area (Å²) < 4.78 is 10.2. The van der Waals surface area contributed by atoms with Crippen LogP contribution in [0.4, 0.5) is 4.79 Å². The molecule has 0 aromatic heterocycles. The van der Waals surface area contributed by atoms with Crippen LogP contribution in [0.3, 0.4) is 0 Å². The molecule has 24 heavy (non-hydrogen) atoms. The molecule has 3 N–H and O–H groups in total. The summed E-state index contributed by atoms with van der Waals surface area (Å²) in [7, 11) is 0. The number of nitrogens with one attached hydrogen (secondary N) is 2. The lowest BCUT2D eigenvalue weighted by Gasteiger charge is -2.21. The van der Waals surface area contributed by atoms with Gasteiger partial charge in [0.05, 0.1) is 13.2 Å². The second kappa shape index (κ2) is 9.89. The summed E-state index contributed by atoms with van der Waals surface area (Å²) in [6, 6.07) is 8.84. The number of carbonyl (C=O) groups excluding carboxylic acids is 2. The van der Waals surface area contributed by atoms with Crippen molar-refractivity contribution in [2.24, 2.45) is 0 Å². The predicted molar refractivity (Wildman–Crippen MR) is 89.4 cm³/mol. The van der Waals surface area contributed by atoms with E-state index in [4.69, 9.17) is 9.47 Å². The molecule has 1 aromatic rings. The molecular formula is C17H26N2O5. The highest BCUT2D eigenvalue weighted by atomic mass is 16.6.